The van der Waals surface area contributed by atoms with Gasteiger partial charge in [0, 0.05) is 28.6 Å². The summed E-state index contributed by atoms with van der Waals surface area (Å²) in [5.41, 5.74) is 1.65. The standard InChI is InChI=1S/C27H29ClN2O4S/c1-3-14-29(27(32)19-4-8-21(33-2)9-5-19)17-26(31)30-15-12-25-23(13-16-35-25)24(30)18-34-22-10-6-20(28)7-11-22/h4-11,13,16,24H,3,12,14-15,17-18H2,1-2H3. The van der Waals surface area contributed by atoms with Gasteiger partial charge in [-0.05, 0) is 78.4 Å². The molecule has 184 valence electrons. The summed E-state index contributed by atoms with van der Waals surface area (Å²) in [7, 11) is 1.59. The monoisotopic (exact) mass is 512 g/mol. The maximum Gasteiger partial charge on any atom is 0.254 e. The van der Waals surface area contributed by atoms with Crippen molar-refractivity contribution in [3.05, 3.63) is 81.0 Å². The summed E-state index contributed by atoms with van der Waals surface area (Å²) in [5.74, 6) is 1.14. The van der Waals surface area contributed by atoms with E-state index in [0.717, 1.165) is 18.4 Å². The van der Waals surface area contributed by atoms with E-state index >= 15 is 0 Å². The van der Waals surface area contributed by atoms with Crippen LogP contribution in [0.4, 0.5) is 0 Å². The fourth-order valence-electron chi connectivity index (χ4n) is 4.27. The Kier molecular flexibility index (Phi) is 8.31. The molecule has 4 rings (SSSR count). The lowest BCUT2D eigenvalue weighted by molar-refractivity contribution is -0.135. The molecule has 3 aromatic rings. The van der Waals surface area contributed by atoms with E-state index in [0.29, 0.717) is 41.8 Å². The number of fused-ring (bicyclic) bond motifs is 1. The zero-order chi connectivity index (χ0) is 24.8. The molecule has 8 heteroatoms. The van der Waals surface area contributed by atoms with Crippen LogP contribution in [-0.4, -0.2) is 55.0 Å². The van der Waals surface area contributed by atoms with Gasteiger partial charge in [0.25, 0.3) is 5.91 Å². The number of halogens is 1. The fourth-order valence-corrected chi connectivity index (χ4v) is 5.33. The highest BCUT2D eigenvalue weighted by Gasteiger charge is 2.33. The molecule has 0 bridgehead atoms. The number of amides is 2. The van der Waals surface area contributed by atoms with Crippen molar-refractivity contribution in [1.82, 2.24) is 9.80 Å². The summed E-state index contributed by atoms with van der Waals surface area (Å²) in [6, 6.07) is 16.0. The fraction of sp³-hybridized carbons (Fsp3) is 0.333. The lowest BCUT2D eigenvalue weighted by Gasteiger charge is -2.37. The first-order chi connectivity index (χ1) is 17.0. The van der Waals surface area contributed by atoms with Gasteiger partial charge in [0.1, 0.15) is 24.7 Å². The summed E-state index contributed by atoms with van der Waals surface area (Å²) in [6.07, 6.45) is 1.56. The second kappa shape index (κ2) is 11.6. The van der Waals surface area contributed by atoms with E-state index < -0.39 is 0 Å². The molecule has 0 N–H and O–H groups in total. The number of thiophene rings is 1. The number of hydrogen-bond acceptors (Lipinski definition) is 5. The molecule has 0 fully saturated rings. The minimum absolute atomic E-state index is 0.0234. The van der Waals surface area contributed by atoms with E-state index in [9.17, 15) is 9.59 Å². The van der Waals surface area contributed by atoms with Crippen LogP contribution >= 0.6 is 22.9 Å². The lowest BCUT2D eigenvalue weighted by Crippen LogP contribution is -2.48. The quantitative estimate of drug-likeness (QED) is 0.381. The third-order valence-electron chi connectivity index (χ3n) is 6.08. The SMILES string of the molecule is CCCN(CC(=O)N1CCc2sccc2C1COc1ccc(Cl)cc1)C(=O)c1ccc(OC)cc1. The number of hydrogen-bond donors (Lipinski definition) is 0. The number of methoxy groups -OCH3 is 1. The second-order valence-corrected chi connectivity index (χ2v) is 9.81. The molecule has 1 aliphatic rings. The minimum Gasteiger partial charge on any atom is -0.497 e. The van der Waals surface area contributed by atoms with E-state index in [-0.39, 0.29) is 24.4 Å². The van der Waals surface area contributed by atoms with E-state index in [2.05, 4.69) is 11.4 Å². The molecule has 0 saturated heterocycles. The Labute approximate surface area is 215 Å². The third-order valence-corrected chi connectivity index (χ3v) is 7.33. The molecule has 2 amide bonds. The van der Waals surface area contributed by atoms with Crippen LogP contribution in [0.25, 0.3) is 0 Å². The molecule has 1 unspecified atom stereocenters. The number of carbonyl (C=O) groups is 2. The average molecular weight is 513 g/mol. The van der Waals surface area contributed by atoms with E-state index in [4.69, 9.17) is 21.1 Å². The van der Waals surface area contributed by atoms with Gasteiger partial charge in [0.05, 0.1) is 13.2 Å². The van der Waals surface area contributed by atoms with Crippen molar-refractivity contribution in [2.75, 3.05) is 33.4 Å². The largest absolute Gasteiger partial charge is 0.497 e. The zero-order valence-corrected chi connectivity index (χ0v) is 21.5. The van der Waals surface area contributed by atoms with Gasteiger partial charge in [0.15, 0.2) is 0 Å². The van der Waals surface area contributed by atoms with Gasteiger partial charge in [0.2, 0.25) is 5.91 Å². The van der Waals surface area contributed by atoms with Crippen molar-refractivity contribution >= 4 is 34.8 Å². The van der Waals surface area contributed by atoms with Crippen molar-refractivity contribution in [3.63, 3.8) is 0 Å². The van der Waals surface area contributed by atoms with Crippen molar-refractivity contribution in [2.24, 2.45) is 0 Å². The summed E-state index contributed by atoms with van der Waals surface area (Å²) in [6.45, 7) is 3.45. The van der Waals surface area contributed by atoms with Gasteiger partial charge < -0.3 is 19.3 Å². The van der Waals surface area contributed by atoms with Crippen LogP contribution in [0.5, 0.6) is 11.5 Å². The maximum absolute atomic E-state index is 13.6. The molecule has 1 aromatic heterocycles. The molecule has 0 radical (unpaired) electrons. The Balaban J connectivity index is 1.50. The Hall–Kier alpha value is -3.03. The normalized spacial score (nSPS) is 14.8. The zero-order valence-electron chi connectivity index (χ0n) is 19.9. The van der Waals surface area contributed by atoms with E-state index in [1.807, 2.05) is 24.0 Å². The topological polar surface area (TPSA) is 59.1 Å². The second-order valence-electron chi connectivity index (χ2n) is 8.37. The first kappa shape index (κ1) is 25.1. The highest BCUT2D eigenvalue weighted by atomic mass is 35.5. The number of nitrogens with zero attached hydrogens (tertiary/aromatic N) is 2. The number of benzene rings is 2. The smallest absolute Gasteiger partial charge is 0.254 e. The molecular formula is C27H29ClN2O4S. The Morgan fingerprint density at radius 2 is 1.80 bits per heavy atom. The summed E-state index contributed by atoms with van der Waals surface area (Å²) in [5, 5.41) is 2.70. The first-order valence-electron chi connectivity index (χ1n) is 11.7. The minimum atomic E-state index is -0.215. The van der Waals surface area contributed by atoms with Gasteiger partial charge in [-0.15, -0.1) is 11.3 Å². The predicted molar refractivity (Wildman–Crippen MR) is 139 cm³/mol. The molecule has 6 nitrogen and oxygen atoms in total. The van der Waals surface area contributed by atoms with Crippen LogP contribution in [0.1, 0.15) is 40.2 Å². The van der Waals surface area contributed by atoms with Gasteiger partial charge >= 0.3 is 0 Å². The Morgan fingerprint density at radius 1 is 1.09 bits per heavy atom. The van der Waals surface area contributed by atoms with Crippen molar-refractivity contribution in [3.8, 4) is 11.5 Å². The van der Waals surface area contributed by atoms with Crippen LogP contribution in [-0.2, 0) is 11.2 Å². The van der Waals surface area contributed by atoms with Crippen molar-refractivity contribution < 1.29 is 19.1 Å². The van der Waals surface area contributed by atoms with Crippen LogP contribution < -0.4 is 9.47 Å². The van der Waals surface area contributed by atoms with Crippen molar-refractivity contribution in [2.45, 2.75) is 25.8 Å². The van der Waals surface area contributed by atoms with Gasteiger partial charge in [-0.1, -0.05) is 18.5 Å². The summed E-state index contributed by atoms with van der Waals surface area (Å²) >= 11 is 7.70. The van der Waals surface area contributed by atoms with Gasteiger partial charge in [-0.25, -0.2) is 0 Å². The lowest BCUT2D eigenvalue weighted by atomic mass is 10.0. The molecule has 35 heavy (non-hydrogen) atoms. The van der Waals surface area contributed by atoms with Crippen molar-refractivity contribution in [1.29, 1.82) is 0 Å². The molecule has 0 aliphatic carbocycles. The molecule has 2 heterocycles. The first-order valence-corrected chi connectivity index (χ1v) is 12.9. The molecule has 1 atom stereocenters. The number of ether oxygens (including phenoxy) is 2. The Bertz CT molecular complexity index is 1150. The average Bonchev–Trinajstić information content (AvgIpc) is 3.37. The number of rotatable bonds is 9. The molecular weight excluding hydrogens is 484 g/mol. The highest BCUT2D eigenvalue weighted by Crippen LogP contribution is 2.34. The van der Waals surface area contributed by atoms with Gasteiger partial charge in [-0.3, -0.25) is 9.59 Å². The summed E-state index contributed by atoms with van der Waals surface area (Å²) < 4.78 is 11.3. The molecule has 2 aromatic carbocycles. The predicted octanol–water partition coefficient (Wildman–Crippen LogP) is 5.47. The molecule has 0 spiro atoms. The molecule has 0 saturated carbocycles. The Morgan fingerprint density at radius 3 is 2.49 bits per heavy atom. The van der Waals surface area contributed by atoms with Gasteiger partial charge in [-0.2, -0.15) is 0 Å². The van der Waals surface area contributed by atoms with Crippen LogP contribution in [0.3, 0.4) is 0 Å². The number of carbonyl (C=O) groups excluding carboxylic acids is 2. The summed E-state index contributed by atoms with van der Waals surface area (Å²) in [4.78, 5) is 31.5. The van der Waals surface area contributed by atoms with Crippen LogP contribution in [0.2, 0.25) is 5.02 Å². The van der Waals surface area contributed by atoms with E-state index in [1.165, 1.54) is 4.88 Å². The van der Waals surface area contributed by atoms with Crippen LogP contribution in [0.15, 0.2) is 60.0 Å². The maximum atomic E-state index is 13.6. The highest BCUT2D eigenvalue weighted by molar-refractivity contribution is 7.10. The van der Waals surface area contributed by atoms with E-state index in [1.54, 1.807) is 59.7 Å². The third kappa shape index (κ3) is 5.97. The van der Waals surface area contributed by atoms with Crippen LogP contribution in [0, 0.1) is 0 Å². The molecule has 1 aliphatic heterocycles.